The topological polar surface area (TPSA) is 0 Å². The molecule has 2 unspecified atom stereocenters. The smallest absolute Gasteiger partial charge is 0.0137 e. The van der Waals surface area contributed by atoms with Crippen LogP contribution in [0.3, 0.4) is 0 Å². The molecule has 0 amide bonds. The van der Waals surface area contributed by atoms with Crippen molar-refractivity contribution in [1.29, 1.82) is 0 Å². The minimum atomic E-state index is 0.601. The van der Waals surface area contributed by atoms with E-state index in [1.807, 2.05) is 0 Å². The third-order valence-corrected chi connectivity index (χ3v) is 4.09. The van der Waals surface area contributed by atoms with E-state index < -0.39 is 0 Å². The minimum absolute atomic E-state index is 0.601. The molecule has 0 saturated carbocycles. The lowest BCUT2D eigenvalue weighted by Gasteiger charge is -2.46. The average Bonchev–Trinajstić information content (AvgIpc) is 2.17. The molecule has 0 aliphatic heterocycles. The molecule has 2 aliphatic carbocycles. The van der Waals surface area contributed by atoms with Gasteiger partial charge in [0.2, 0.25) is 0 Å². The first-order chi connectivity index (χ1) is 6.26. The second kappa shape index (κ2) is 3.32. The van der Waals surface area contributed by atoms with E-state index >= 15 is 0 Å². The molecule has 2 atom stereocenters. The summed E-state index contributed by atoms with van der Waals surface area (Å²) in [5.74, 6) is 1.65. The lowest BCUT2D eigenvalue weighted by molar-refractivity contribution is 0.0959. The second-order valence-corrected chi connectivity index (χ2v) is 4.87. The fourth-order valence-electron chi connectivity index (χ4n) is 3.05. The summed E-state index contributed by atoms with van der Waals surface area (Å²) < 4.78 is 0. The Morgan fingerprint density at radius 3 is 2.77 bits per heavy atom. The standard InChI is InChI=1S/C13H20/c1-11(2)13-9-5-3-7-12(13)8-4-6-10-13/h3-5,8,11-12H,6-7,9-10H2,1-2H3. The summed E-state index contributed by atoms with van der Waals surface area (Å²) in [7, 11) is 0. The molecule has 0 fully saturated rings. The van der Waals surface area contributed by atoms with Gasteiger partial charge >= 0.3 is 0 Å². The molecule has 72 valence electrons. The Labute approximate surface area is 81.7 Å². The van der Waals surface area contributed by atoms with Crippen LogP contribution >= 0.6 is 0 Å². The Morgan fingerprint density at radius 1 is 1.23 bits per heavy atom. The highest BCUT2D eigenvalue weighted by Gasteiger charge is 2.40. The highest BCUT2D eigenvalue weighted by Crippen LogP contribution is 2.50. The van der Waals surface area contributed by atoms with Gasteiger partial charge in [-0.25, -0.2) is 0 Å². The maximum Gasteiger partial charge on any atom is -0.0137 e. The highest BCUT2D eigenvalue weighted by molar-refractivity contribution is 5.13. The van der Waals surface area contributed by atoms with Crippen molar-refractivity contribution in [1.82, 2.24) is 0 Å². The summed E-state index contributed by atoms with van der Waals surface area (Å²) in [6.45, 7) is 4.79. The summed E-state index contributed by atoms with van der Waals surface area (Å²) in [6, 6.07) is 0. The number of allylic oxidation sites excluding steroid dienone is 4. The van der Waals surface area contributed by atoms with Gasteiger partial charge in [-0.1, -0.05) is 38.2 Å². The van der Waals surface area contributed by atoms with Gasteiger partial charge in [0, 0.05) is 0 Å². The molecule has 0 aromatic rings. The first kappa shape index (κ1) is 9.05. The number of hydrogen-bond acceptors (Lipinski definition) is 0. The van der Waals surface area contributed by atoms with Crippen molar-refractivity contribution in [3.05, 3.63) is 24.3 Å². The summed E-state index contributed by atoms with van der Waals surface area (Å²) in [5, 5.41) is 0. The average molecular weight is 176 g/mol. The zero-order valence-corrected chi connectivity index (χ0v) is 8.79. The van der Waals surface area contributed by atoms with E-state index in [0.29, 0.717) is 5.41 Å². The number of rotatable bonds is 1. The van der Waals surface area contributed by atoms with Crippen molar-refractivity contribution in [2.45, 2.75) is 39.5 Å². The molecule has 2 rings (SSSR count). The maximum absolute atomic E-state index is 2.47. The molecule has 0 spiro atoms. The fraction of sp³-hybridized carbons (Fsp3) is 0.692. The molecule has 0 bridgehead atoms. The van der Waals surface area contributed by atoms with E-state index in [1.54, 1.807) is 0 Å². The van der Waals surface area contributed by atoms with Gasteiger partial charge in [0.1, 0.15) is 0 Å². The van der Waals surface area contributed by atoms with Gasteiger partial charge in [-0.2, -0.15) is 0 Å². The second-order valence-electron chi connectivity index (χ2n) is 4.87. The van der Waals surface area contributed by atoms with Crippen LogP contribution in [0.25, 0.3) is 0 Å². The zero-order valence-electron chi connectivity index (χ0n) is 8.79. The van der Waals surface area contributed by atoms with Crippen molar-refractivity contribution in [2.24, 2.45) is 17.3 Å². The fourth-order valence-corrected chi connectivity index (χ4v) is 3.05. The monoisotopic (exact) mass is 176 g/mol. The third-order valence-electron chi connectivity index (χ3n) is 4.09. The Hall–Kier alpha value is -0.520. The molecule has 0 nitrogen and oxygen atoms in total. The molecule has 13 heavy (non-hydrogen) atoms. The molecule has 0 saturated heterocycles. The number of fused-ring (bicyclic) bond motifs is 1. The van der Waals surface area contributed by atoms with Crippen molar-refractivity contribution in [2.75, 3.05) is 0 Å². The molecular formula is C13H20. The van der Waals surface area contributed by atoms with Crippen LogP contribution in [0.15, 0.2) is 24.3 Å². The first-order valence-corrected chi connectivity index (χ1v) is 5.57. The van der Waals surface area contributed by atoms with E-state index in [9.17, 15) is 0 Å². The Kier molecular flexibility index (Phi) is 2.31. The Morgan fingerprint density at radius 2 is 2.08 bits per heavy atom. The summed E-state index contributed by atoms with van der Waals surface area (Å²) in [5.41, 5.74) is 0.601. The summed E-state index contributed by atoms with van der Waals surface area (Å²) >= 11 is 0. The van der Waals surface area contributed by atoms with Crippen molar-refractivity contribution in [3.8, 4) is 0 Å². The van der Waals surface area contributed by atoms with E-state index in [1.165, 1.54) is 25.7 Å². The van der Waals surface area contributed by atoms with Gasteiger partial charge in [0.05, 0.1) is 0 Å². The minimum Gasteiger partial charge on any atom is -0.0882 e. The predicted molar refractivity (Wildman–Crippen MR) is 57.5 cm³/mol. The molecular weight excluding hydrogens is 156 g/mol. The van der Waals surface area contributed by atoms with Gasteiger partial charge in [0.25, 0.3) is 0 Å². The lowest BCUT2D eigenvalue weighted by Crippen LogP contribution is -2.37. The highest BCUT2D eigenvalue weighted by atomic mass is 14.4. The van der Waals surface area contributed by atoms with Crippen LogP contribution in [0.4, 0.5) is 0 Å². The van der Waals surface area contributed by atoms with Crippen LogP contribution in [0.2, 0.25) is 0 Å². The molecule has 0 radical (unpaired) electrons. The Bertz CT molecular complexity index is 234. The van der Waals surface area contributed by atoms with Gasteiger partial charge in [-0.05, 0) is 42.9 Å². The summed E-state index contributed by atoms with van der Waals surface area (Å²) in [4.78, 5) is 0. The van der Waals surface area contributed by atoms with Crippen molar-refractivity contribution in [3.63, 3.8) is 0 Å². The van der Waals surface area contributed by atoms with Crippen LogP contribution < -0.4 is 0 Å². The van der Waals surface area contributed by atoms with E-state index in [2.05, 4.69) is 38.2 Å². The van der Waals surface area contributed by atoms with Gasteiger partial charge < -0.3 is 0 Å². The predicted octanol–water partition coefficient (Wildman–Crippen LogP) is 3.95. The normalized spacial score (nSPS) is 37.9. The third kappa shape index (κ3) is 1.37. The van der Waals surface area contributed by atoms with Crippen LogP contribution in [0.5, 0.6) is 0 Å². The molecule has 0 aromatic heterocycles. The van der Waals surface area contributed by atoms with Gasteiger partial charge in [-0.3, -0.25) is 0 Å². The number of hydrogen-bond donors (Lipinski definition) is 0. The zero-order chi connectivity index (χ0) is 9.31. The maximum atomic E-state index is 2.47. The largest absolute Gasteiger partial charge is 0.0882 e. The van der Waals surface area contributed by atoms with Crippen LogP contribution in [-0.2, 0) is 0 Å². The molecule has 2 aliphatic rings. The summed E-state index contributed by atoms with van der Waals surface area (Å²) in [6.07, 6.45) is 14.9. The van der Waals surface area contributed by atoms with Gasteiger partial charge in [0.15, 0.2) is 0 Å². The van der Waals surface area contributed by atoms with E-state index in [4.69, 9.17) is 0 Å². The Balaban J connectivity index is 2.30. The van der Waals surface area contributed by atoms with Crippen LogP contribution in [-0.4, -0.2) is 0 Å². The molecule has 0 heteroatoms. The molecule has 0 aromatic carbocycles. The van der Waals surface area contributed by atoms with Crippen molar-refractivity contribution < 1.29 is 0 Å². The van der Waals surface area contributed by atoms with E-state index in [0.717, 1.165) is 11.8 Å². The molecule has 0 heterocycles. The SMILES string of the molecule is CC(C)C12CC=CCC1C=CCC2. The van der Waals surface area contributed by atoms with Crippen LogP contribution in [0, 0.1) is 17.3 Å². The van der Waals surface area contributed by atoms with Crippen molar-refractivity contribution >= 4 is 0 Å². The lowest BCUT2D eigenvalue weighted by atomic mass is 9.58. The molecule has 0 N–H and O–H groups in total. The van der Waals surface area contributed by atoms with Gasteiger partial charge in [-0.15, -0.1) is 0 Å². The first-order valence-electron chi connectivity index (χ1n) is 5.57. The quantitative estimate of drug-likeness (QED) is 0.531. The van der Waals surface area contributed by atoms with Crippen LogP contribution in [0.1, 0.15) is 39.5 Å². The van der Waals surface area contributed by atoms with E-state index in [-0.39, 0.29) is 0 Å².